The number of nitrogens with one attached hydrogen (secondary N) is 1. The second-order valence-electron chi connectivity index (χ2n) is 5.38. The van der Waals surface area contributed by atoms with Crippen LogP contribution in [0.15, 0.2) is 0 Å². The third-order valence-corrected chi connectivity index (χ3v) is 4.44. The molecular formula is C12H21N3O2. The Hall–Kier alpha value is -0.810. The number of carbonyl (C=O) groups excluding carboxylic acids is 1. The van der Waals surface area contributed by atoms with Crippen LogP contribution in [0.1, 0.15) is 12.8 Å². The summed E-state index contributed by atoms with van der Waals surface area (Å²) in [5, 5.41) is 3.24. The number of likely N-dealkylation sites (N-methyl/N-ethyl adjacent to an activating group) is 1. The summed E-state index contributed by atoms with van der Waals surface area (Å²) in [5.74, 6) is 0.621. The summed E-state index contributed by atoms with van der Waals surface area (Å²) in [5.41, 5.74) is 0. The average molecular weight is 239 g/mol. The minimum Gasteiger partial charge on any atom is -0.381 e. The molecule has 3 fully saturated rings. The standard InChI is InChI=1S/C12H21N3O2/c1-14-11(9-2-4-17-5-3-9)8-15(12(14)16)10-6-13-7-10/h9-11,13H,2-8H2,1H3. The molecule has 3 heterocycles. The average Bonchev–Trinajstić information content (AvgIpc) is 2.57. The van der Waals surface area contributed by atoms with Crippen molar-refractivity contribution < 1.29 is 9.53 Å². The molecule has 1 unspecified atom stereocenters. The molecule has 0 aliphatic carbocycles. The maximum Gasteiger partial charge on any atom is 0.320 e. The first kappa shape index (κ1) is 11.3. The fraction of sp³-hybridized carbons (Fsp3) is 0.917. The van der Waals surface area contributed by atoms with Crippen LogP contribution in [-0.4, -0.2) is 67.8 Å². The van der Waals surface area contributed by atoms with Gasteiger partial charge in [0.2, 0.25) is 0 Å². The van der Waals surface area contributed by atoms with Crippen molar-refractivity contribution >= 4 is 6.03 Å². The molecule has 3 saturated heterocycles. The Bertz CT molecular complexity index is 300. The molecule has 0 bridgehead atoms. The van der Waals surface area contributed by atoms with E-state index >= 15 is 0 Å². The fourth-order valence-electron chi connectivity index (χ4n) is 3.11. The van der Waals surface area contributed by atoms with Gasteiger partial charge >= 0.3 is 6.03 Å². The van der Waals surface area contributed by atoms with Crippen LogP contribution in [0.2, 0.25) is 0 Å². The predicted molar refractivity (Wildman–Crippen MR) is 63.9 cm³/mol. The summed E-state index contributed by atoms with van der Waals surface area (Å²) in [6.45, 7) is 4.54. The lowest BCUT2D eigenvalue weighted by Gasteiger charge is -2.35. The Labute approximate surface area is 102 Å². The Balaban J connectivity index is 1.67. The van der Waals surface area contributed by atoms with E-state index in [2.05, 4.69) is 10.2 Å². The van der Waals surface area contributed by atoms with Crippen LogP contribution in [-0.2, 0) is 4.74 Å². The van der Waals surface area contributed by atoms with Crippen LogP contribution >= 0.6 is 0 Å². The molecule has 3 aliphatic rings. The van der Waals surface area contributed by atoms with Crippen LogP contribution in [0.25, 0.3) is 0 Å². The summed E-state index contributed by atoms with van der Waals surface area (Å²) in [7, 11) is 1.95. The van der Waals surface area contributed by atoms with Crippen LogP contribution in [0.4, 0.5) is 4.79 Å². The Morgan fingerprint density at radius 3 is 2.59 bits per heavy atom. The summed E-state index contributed by atoms with van der Waals surface area (Å²) < 4.78 is 5.40. The van der Waals surface area contributed by atoms with Gasteiger partial charge in [-0.3, -0.25) is 0 Å². The van der Waals surface area contributed by atoms with Crippen molar-refractivity contribution in [3.8, 4) is 0 Å². The molecule has 1 atom stereocenters. The number of nitrogens with zero attached hydrogens (tertiary/aromatic N) is 2. The largest absolute Gasteiger partial charge is 0.381 e. The maximum atomic E-state index is 12.2. The number of hydrogen-bond acceptors (Lipinski definition) is 3. The van der Waals surface area contributed by atoms with Crippen molar-refractivity contribution in [1.82, 2.24) is 15.1 Å². The van der Waals surface area contributed by atoms with E-state index in [9.17, 15) is 4.79 Å². The Morgan fingerprint density at radius 2 is 2.00 bits per heavy atom. The highest BCUT2D eigenvalue weighted by Crippen LogP contribution is 2.29. The van der Waals surface area contributed by atoms with E-state index in [4.69, 9.17) is 4.74 Å². The zero-order valence-corrected chi connectivity index (χ0v) is 10.4. The summed E-state index contributed by atoms with van der Waals surface area (Å²) in [4.78, 5) is 16.2. The third kappa shape index (κ3) is 1.91. The molecule has 3 rings (SSSR count). The highest BCUT2D eigenvalue weighted by atomic mass is 16.5. The van der Waals surface area contributed by atoms with Crippen molar-refractivity contribution in [2.45, 2.75) is 24.9 Å². The van der Waals surface area contributed by atoms with Gasteiger partial charge in [0.05, 0.1) is 12.1 Å². The molecule has 5 heteroatoms. The molecule has 0 saturated carbocycles. The van der Waals surface area contributed by atoms with Crippen molar-refractivity contribution in [3.05, 3.63) is 0 Å². The van der Waals surface area contributed by atoms with Gasteiger partial charge in [-0.15, -0.1) is 0 Å². The van der Waals surface area contributed by atoms with Gasteiger partial charge in [0.25, 0.3) is 0 Å². The summed E-state index contributed by atoms with van der Waals surface area (Å²) >= 11 is 0. The van der Waals surface area contributed by atoms with Gasteiger partial charge in [0.1, 0.15) is 0 Å². The predicted octanol–water partition coefficient (Wildman–Crippen LogP) is 0.121. The van der Waals surface area contributed by atoms with Crippen molar-refractivity contribution in [2.75, 3.05) is 39.9 Å². The molecule has 5 nitrogen and oxygen atoms in total. The van der Waals surface area contributed by atoms with Gasteiger partial charge in [-0.2, -0.15) is 0 Å². The van der Waals surface area contributed by atoms with Crippen molar-refractivity contribution in [1.29, 1.82) is 0 Å². The number of carbonyl (C=O) groups is 1. The summed E-state index contributed by atoms with van der Waals surface area (Å²) in [6.07, 6.45) is 2.19. The molecule has 0 radical (unpaired) electrons. The number of amides is 2. The van der Waals surface area contributed by atoms with Gasteiger partial charge < -0.3 is 19.9 Å². The van der Waals surface area contributed by atoms with E-state index in [-0.39, 0.29) is 6.03 Å². The lowest BCUT2D eigenvalue weighted by molar-refractivity contribution is 0.0447. The van der Waals surface area contributed by atoms with Gasteiger partial charge in [0.15, 0.2) is 0 Å². The van der Waals surface area contributed by atoms with Crippen LogP contribution < -0.4 is 5.32 Å². The number of hydrogen-bond donors (Lipinski definition) is 1. The molecule has 3 aliphatic heterocycles. The van der Waals surface area contributed by atoms with Crippen molar-refractivity contribution in [3.63, 3.8) is 0 Å². The minimum atomic E-state index is 0.216. The first-order valence-corrected chi connectivity index (χ1v) is 6.59. The van der Waals surface area contributed by atoms with E-state index in [1.807, 2.05) is 11.9 Å². The Kier molecular flexibility index (Phi) is 2.96. The van der Waals surface area contributed by atoms with Gasteiger partial charge in [-0.05, 0) is 18.8 Å². The van der Waals surface area contributed by atoms with E-state index in [0.29, 0.717) is 18.0 Å². The van der Waals surface area contributed by atoms with E-state index < -0.39 is 0 Å². The zero-order valence-electron chi connectivity index (χ0n) is 10.4. The lowest BCUT2D eigenvalue weighted by atomic mass is 9.91. The molecule has 0 aromatic rings. The number of ether oxygens (including phenoxy) is 1. The second kappa shape index (κ2) is 4.46. The number of rotatable bonds is 2. The van der Waals surface area contributed by atoms with E-state index in [1.165, 1.54) is 0 Å². The zero-order chi connectivity index (χ0) is 11.8. The maximum absolute atomic E-state index is 12.2. The molecule has 1 N–H and O–H groups in total. The molecule has 2 amide bonds. The molecule has 0 spiro atoms. The first-order chi connectivity index (χ1) is 8.27. The minimum absolute atomic E-state index is 0.216. The molecule has 0 aromatic heterocycles. The Morgan fingerprint density at radius 1 is 1.29 bits per heavy atom. The monoisotopic (exact) mass is 239 g/mol. The van der Waals surface area contributed by atoms with Gasteiger partial charge in [-0.25, -0.2) is 4.79 Å². The smallest absolute Gasteiger partial charge is 0.320 e. The quantitative estimate of drug-likeness (QED) is 0.744. The number of urea groups is 1. The molecule has 96 valence electrons. The molecule has 17 heavy (non-hydrogen) atoms. The van der Waals surface area contributed by atoms with Gasteiger partial charge in [0, 0.05) is 39.9 Å². The topological polar surface area (TPSA) is 44.8 Å². The fourth-order valence-corrected chi connectivity index (χ4v) is 3.11. The highest BCUT2D eigenvalue weighted by Gasteiger charge is 2.43. The lowest BCUT2D eigenvalue weighted by Crippen LogP contribution is -2.58. The van der Waals surface area contributed by atoms with Crippen LogP contribution in [0.3, 0.4) is 0 Å². The SMILES string of the molecule is CN1C(=O)N(C2CNC2)CC1C1CCOCC1. The first-order valence-electron chi connectivity index (χ1n) is 6.59. The van der Waals surface area contributed by atoms with Crippen LogP contribution in [0.5, 0.6) is 0 Å². The molecular weight excluding hydrogens is 218 g/mol. The van der Waals surface area contributed by atoms with E-state index in [1.54, 1.807) is 0 Å². The second-order valence-corrected chi connectivity index (χ2v) is 5.38. The molecule has 0 aromatic carbocycles. The third-order valence-electron chi connectivity index (χ3n) is 4.44. The van der Waals surface area contributed by atoms with Crippen molar-refractivity contribution in [2.24, 2.45) is 5.92 Å². The van der Waals surface area contributed by atoms with Gasteiger partial charge in [-0.1, -0.05) is 0 Å². The van der Waals surface area contributed by atoms with E-state index in [0.717, 1.165) is 45.7 Å². The van der Waals surface area contributed by atoms with Crippen LogP contribution in [0, 0.1) is 5.92 Å². The summed E-state index contributed by atoms with van der Waals surface area (Å²) in [6, 6.07) is 1.04. The highest BCUT2D eigenvalue weighted by molar-refractivity contribution is 5.77. The normalized spacial score (nSPS) is 32.1.